The molecule has 1 aromatic heterocycles. The highest BCUT2D eigenvalue weighted by Crippen LogP contribution is 2.12. The Balaban J connectivity index is 2.09. The van der Waals surface area contributed by atoms with Gasteiger partial charge in [-0.25, -0.2) is 9.17 Å². The molecule has 1 aromatic carbocycles. The van der Waals surface area contributed by atoms with E-state index in [4.69, 9.17) is 5.11 Å². The first kappa shape index (κ1) is 11.3. The number of hydrogen-bond donors (Lipinski definition) is 2. The van der Waals surface area contributed by atoms with Gasteiger partial charge in [-0.2, -0.15) is 0 Å². The molecule has 2 N–H and O–H groups in total. The van der Waals surface area contributed by atoms with Gasteiger partial charge in [0.15, 0.2) is 0 Å². The number of rotatable bonds is 3. The van der Waals surface area contributed by atoms with E-state index >= 15 is 0 Å². The average Bonchev–Trinajstić information content (AvgIpc) is 2.83. The number of nitrogens with zero attached hydrogens (tertiary/aromatic N) is 1. The van der Waals surface area contributed by atoms with Crippen molar-refractivity contribution in [3.63, 3.8) is 0 Å². The summed E-state index contributed by atoms with van der Waals surface area (Å²) in [6, 6.07) is 7.58. The maximum absolute atomic E-state index is 11.6. The summed E-state index contributed by atoms with van der Waals surface area (Å²) in [6.45, 7) is 0. The highest BCUT2D eigenvalue weighted by molar-refractivity contribution is 7.08. The number of hydrogen-bond acceptors (Lipinski definition) is 4. The second kappa shape index (κ2) is 4.75. The van der Waals surface area contributed by atoms with E-state index in [1.165, 1.54) is 12.1 Å². The van der Waals surface area contributed by atoms with Crippen molar-refractivity contribution in [1.82, 2.24) is 4.37 Å². The fraction of sp³-hybridized carbons (Fsp3) is 0. The Kier molecular flexibility index (Phi) is 3.15. The van der Waals surface area contributed by atoms with Crippen molar-refractivity contribution in [2.75, 3.05) is 5.32 Å². The molecule has 86 valence electrons. The monoisotopic (exact) mass is 248 g/mol. The van der Waals surface area contributed by atoms with Gasteiger partial charge >= 0.3 is 5.97 Å². The van der Waals surface area contributed by atoms with Gasteiger partial charge in [0.1, 0.15) is 4.88 Å². The smallest absolute Gasteiger partial charge is 0.335 e. The zero-order valence-corrected chi connectivity index (χ0v) is 9.40. The van der Waals surface area contributed by atoms with Gasteiger partial charge in [-0.3, -0.25) is 4.79 Å². The van der Waals surface area contributed by atoms with Crippen molar-refractivity contribution in [3.05, 3.63) is 47.0 Å². The molecule has 0 bridgehead atoms. The lowest BCUT2D eigenvalue weighted by molar-refractivity contribution is 0.0696. The number of amides is 1. The third-order valence-electron chi connectivity index (χ3n) is 2.05. The van der Waals surface area contributed by atoms with Crippen LogP contribution in [-0.4, -0.2) is 21.4 Å². The average molecular weight is 248 g/mol. The van der Waals surface area contributed by atoms with Gasteiger partial charge < -0.3 is 10.4 Å². The zero-order valence-electron chi connectivity index (χ0n) is 8.58. The first-order valence-corrected chi connectivity index (χ1v) is 5.49. The summed E-state index contributed by atoms with van der Waals surface area (Å²) in [5.41, 5.74) is 0.731. The molecule has 0 radical (unpaired) electrons. The van der Waals surface area contributed by atoms with Crippen LogP contribution in [0.5, 0.6) is 0 Å². The van der Waals surface area contributed by atoms with E-state index in [1.807, 2.05) is 0 Å². The van der Waals surface area contributed by atoms with Gasteiger partial charge in [-0.05, 0) is 41.9 Å². The minimum absolute atomic E-state index is 0.181. The SMILES string of the molecule is O=C(O)c1ccc(NC(=O)c2ccns2)cc1. The Morgan fingerprint density at radius 2 is 1.88 bits per heavy atom. The standard InChI is InChI=1S/C11H8N2O3S/c14-10(9-5-6-12-17-9)13-8-3-1-7(2-4-8)11(15)16/h1-6H,(H,13,14)(H,15,16). The molecular weight excluding hydrogens is 240 g/mol. The summed E-state index contributed by atoms with van der Waals surface area (Å²) in [6.07, 6.45) is 1.55. The molecule has 0 aliphatic heterocycles. The number of benzene rings is 1. The normalized spacial score (nSPS) is 9.88. The molecule has 2 aromatic rings. The van der Waals surface area contributed by atoms with Crippen molar-refractivity contribution in [3.8, 4) is 0 Å². The van der Waals surface area contributed by atoms with Crippen molar-refractivity contribution in [2.24, 2.45) is 0 Å². The van der Waals surface area contributed by atoms with Crippen molar-refractivity contribution in [2.45, 2.75) is 0 Å². The van der Waals surface area contributed by atoms with Crippen LogP contribution in [0.15, 0.2) is 36.5 Å². The lowest BCUT2D eigenvalue weighted by atomic mass is 10.2. The molecule has 2 rings (SSSR count). The molecular formula is C11H8N2O3S. The van der Waals surface area contributed by atoms with Gasteiger partial charge in [0, 0.05) is 11.9 Å². The first-order chi connectivity index (χ1) is 8.16. The number of carboxylic acids is 1. The lowest BCUT2D eigenvalue weighted by Crippen LogP contribution is -2.10. The predicted molar refractivity (Wildman–Crippen MR) is 63.5 cm³/mol. The zero-order chi connectivity index (χ0) is 12.3. The number of carbonyl (C=O) groups is 2. The first-order valence-electron chi connectivity index (χ1n) is 4.72. The third kappa shape index (κ3) is 2.67. The minimum Gasteiger partial charge on any atom is -0.478 e. The molecule has 17 heavy (non-hydrogen) atoms. The van der Waals surface area contributed by atoms with Crippen molar-refractivity contribution >= 4 is 29.1 Å². The van der Waals surface area contributed by atoms with E-state index in [9.17, 15) is 9.59 Å². The second-order valence-corrected chi connectivity index (χ2v) is 4.05. The molecule has 0 aliphatic carbocycles. The molecule has 0 saturated carbocycles. The van der Waals surface area contributed by atoms with Gasteiger partial charge in [0.2, 0.25) is 0 Å². The maximum Gasteiger partial charge on any atom is 0.335 e. The van der Waals surface area contributed by atoms with Gasteiger partial charge in [0.05, 0.1) is 5.56 Å². The summed E-state index contributed by atoms with van der Waals surface area (Å²) in [5, 5.41) is 11.4. The highest BCUT2D eigenvalue weighted by atomic mass is 32.1. The Morgan fingerprint density at radius 1 is 1.18 bits per heavy atom. The van der Waals surface area contributed by atoms with Crippen molar-refractivity contribution < 1.29 is 14.7 Å². The van der Waals surface area contributed by atoms with Gasteiger partial charge in [-0.1, -0.05) is 0 Å². The van der Waals surface area contributed by atoms with Crippen LogP contribution >= 0.6 is 11.5 Å². The number of carbonyl (C=O) groups excluding carboxylic acids is 1. The molecule has 0 aliphatic rings. The van der Waals surface area contributed by atoms with E-state index in [2.05, 4.69) is 9.69 Å². The number of carboxylic acid groups (broad SMARTS) is 1. The lowest BCUT2D eigenvalue weighted by Gasteiger charge is -2.03. The van der Waals surface area contributed by atoms with Gasteiger partial charge in [-0.15, -0.1) is 0 Å². The van der Waals surface area contributed by atoms with E-state index < -0.39 is 5.97 Å². The van der Waals surface area contributed by atoms with E-state index in [-0.39, 0.29) is 11.5 Å². The third-order valence-corrected chi connectivity index (χ3v) is 2.80. The largest absolute Gasteiger partial charge is 0.478 e. The summed E-state index contributed by atoms with van der Waals surface area (Å²) >= 11 is 1.10. The molecule has 1 heterocycles. The van der Waals surface area contributed by atoms with Crippen LogP contribution in [0.1, 0.15) is 20.0 Å². The quantitative estimate of drug-likeness (QED) is 0.871. The van der Waals surface area contributed by atoms with Crippen LogP contribution < -0.4 is 5.32 Å². The van der Waals surface area contributed by atoms with E-state index in [0.717, 1.165) is 11.5 Å². The molecule has 0 saturated heterocycles. The molecule has 0 atom stereocenters. The van der Waals surface area contributed by atoms with Crippen molar-refractivity contribution in [1.29, 1.82) is 0 Å². The fourth-order valence-corrected chi connectivity index (χ4v) is 1.71. The topological polar surface area (TPSA) is 79.3 Å². The number of anilines is 1. The van der Waals surface area contributed by atoms with Crippen LogP contribution in [0, 0.1) is 0 Å². The summed E-state index contributed by atoms with van der Waals surface area (Å²) in [7, 11) is 0. The number of aromatic nitrogens is 1. The highest BCUT2D eigenvalue weighted by Gasteiger charge is 2.08. The van der Waals surface area contributed by atoms with Crippen LogP contribution in [0.4, 0.5) is 5.69 Å². The van der Waals surface area contributed by atoms with Crippen LogP contribution in [-0.2, 0) is 0 Å². The van der Waals surface area contributed by atoms with Crippen LogP contribution in [0.25, 0.3) is 0 Å². The summed E-state index contributed by atoms with van der Waals surface area (Å²) < 4.78 is 3.83. The van der Waals surface area contributed by atoms with Crippen LogP contribution in [0.3, 0.4) is 0 Å². The second-order valence-electron chi connectivity index (χ2n) is 3.21. The Hall–Kier alpha value is -2.21. The number of aromatic carboxylic acids is 1. The molecule has 0 fully saturated rings. The molecule has 0 unspecified atom stereocenters. The molecule has 1 amide bonds. The minimum atomic E-state index is -0.995. The fourth-order valence-electron chi connectivity index (χ4n) is 1.22. The van der Waals surface area contributed by atoms with E-state index in [0.29, 0.717) is 10.6 Å². The predicted octanol–water partition coefficient (Wildman–Crippen LogP) is 2.09. The maximum atomic E-state index is 11.6. The Bertz CT molecular complexity index is 534. The molecule has 6 heteroatoms. The van der Waals surface area contributed by atoms with E-state index in [1.54, 1.807) is 24.4 Å². The molecule has 5 nitrogen and oxygen atoms in total. The van der Waals surface area contributed by atoms with Gasteiger partial charge in [0.25, 0.3) is 5.91 Å². The number of nitrogens with one attached hydrogen (secondary N) is 1. The summed E-state index contributed by atoms with van der Waals surface area (Å²) in [5.74, 6) is -1.25. The Morgan fingerprint density at radius 3 is 2.41 bits per heavy atom. The van der Waals surface area contributed by atoms with Crippen LogP contribution in [0.2, 0.25) is 0 Å². The summed E-state index contributed by atoms with van der Waals surface area (Å²) in [4.78, 5) is 22.8. The Labute approximate surface area is 101 Å². The molecule has 0 spiro atoms.